The van der Waals surface area contributed by atoms with E-state index < -0.39 is 11.6 Å². The smallest absolute Gasteiger partial charge is 0.318 e. The van der Waals surface area contributed by atoms with Crippen LogP contribution in [0.3, 0.4) is 0 Å². The van der Waals surface area contributed by atoms with Crippen molar-refractivity contribution in [3.8, 4) is 0 Å². The summed E-state index contributed by atoms with van der Waals surface area (Å²) in [4.78, 5) is 27.2. The number of rotatable bonds is 2. The Balaban J connectivity index is 1.73. The summed E-state index contributed by atoms with van der Waals surface area (Å²) in [5.74, 6) is -1.97. The summed E-state index contributed by atoms with van der Waals surface area (Å²) in [6.07, 6.45) is 0.700. The highest BCUT2D eigenvalue weighted by Crippen LogP contribution is 2.31. The first-order valence-corrected chi connectivity index (χ1v) is 7.93. The van der Waals surface area contributed by atoms with Crippen LogP contribution in [0.2, 0.25) is 0 Å². The van der Waals surface area contributed by atoms with Crippen LogP contribution in [-0.2, 0) is 4.79 Å². The molecule has 0 radical (unpaired) electrons. The molecule has 2 fully saturated rings. The maximum atomic E-state index is 13.5. The molecule has 2 aliphatic heterocycles. The molecule has 2 aliphatic rings. The fourth-order valence-corrected chi connectivity index (χ4v) is 3.34. The number of benzene rings is 1. The quantitative estimate of drug-likeness (QED) is 0.840. The van der Waals surface area contributed by atoms with Gasteiger partial charge in [-0.15, -0.1) is 0 Å². The van der Waals surface area contributed by atoms with Crippen molar-refractivity contribution in [3.05, 3.63) is 35.4 Å². The average molecular weight is 338 g/mol. The van der Waals surface area contributed by atoms with Crippen LogP contribution in [0.4, 0.5) is 13.6 Å². The van der Waals surface area contributed by atoms with Gasteiger partial charge in [0.1, 0.15) is 6.54 Å². The van der Waals surface area contributed by atoms with E-state index in [1.54, 1.807) is 6.07 Å². The number of carbonyl (C=O) groups excluding carboxylic acids is 2. The van der Waals surface area contributed by atoms with E-state index >= 15 is 0 Å². The normalized spacial score (nSPS) is 24.8. The summed E-state index contributed by atoms with van der Waals surface area (Å²) in [7, 11) is 1.88. The minimum atomic E-state index is -0.898. The maximum absolute atomic E-state index is 13.5. The lowest BCUT2D eigenvalue weighted by Crippen LogP contribution is -2.55. The van der Waals surface area contributed by atoms with E-state index in [2.05, 4.69) is 10.6 Å². The Kier molecular flexibility index (Phi) is 4.66. The Bertz CT molecular complexity index is 655. The molecular formula is C16H20F2N4O2. The Morgan fingerprint density at radius 2 is 2.08 bits per heavy atom. The van der Waals surface area contributed by atoms with Gasteiger partial charge in [0.2, 0.25) is 5.91 Å². The number of nitrogens with zero attached hydrogens (tertiary/aromatic N) is 2. The predicted octanol–water partition coefficient (Wildman–Crippen LogP) is 0.851. The van der Waals surface area contributed by atoms with Gasteiger partial charge < -0.3 is 15.5 Å². The van der Waals surface area contributed by atoms with Gasteiger partial charge in [0.15, 0.2) is 11.6 Å². The second-order valence-electron chi connectivity index (χ2n) is 6.22. The minimum absolute atomic E-state index is 0.0320. The molecule has 0 spiro atoms. The summed E-state index contributed by atoms with van der Waals surface area (Å²) in [6, 6.07) is 3.05. The fraction of sp³-hybridized carbons (Fsp3) is 0.500. The first kappa shape index (κ1) is 16.6. The van der Waals surface area contributed by atoms with Gasteiger partial charge in [0.05, 0.1) is 12.1 Å². The number of hydrogen-bond donors (Lipinski definition) is 2. The van der Waals surface area contributed by atoms with Crippen LogP contribution in [0, 0.1) is 11.6 Å². The molecule has 8 heteroatoms. The van der Waals surface area contributed by atoms with Crippen molar-refractivity contribution in [1.29, 1.82) is 0 Å². The highest BCUT2D eigenvalue weighted by molar-refractivity contribution is 5.85. The maximum Gasteiger partial charge on any atom is 0.318 e. The standard InChI is InChI=1S/C16H20F2N4O2/c1-21-6-4-13(15(21)10-2-3-11(17)12(18)8-10)20-16(24)22-7-5-19-14(23)9-22/h2-3,8,13,15H,4-7,9H2,1H3,(H,19,23)(H,20,24)/t13-,15-/m0/s1. The summed E-state index contributed by atoms with van der Waals surface area (Å²) in [5, 5.41) is 5.60. The van der Waals surface area contributed by atoms with Crippen LogP contribution in [0.1, 0.15) is 18.0 Å². The summed E-state index contributed by atoms with van der Waals surface area (Å²) >= 11 is 0. The van der Waals surface area contributed by atoms with Crippen LogP contribution in [0.25, 0.3) is 0 Å². The van der Waals surface area contributed by atoms with E-state index in [1.165, 1.54) is 11.0 Å². The zero-order valence-electron chi connectivity index (χ0n) is 13.4. The molecule has 6 nitrogen and oxygen atoms in total. The highest BCUT2D eigenvalue weighted by Gasteiger charge is 2.35. The SMILES string of the molecule is CN1CC[C@H](NC(=O)N2CCNC(=O)C2)[C@@H]1c1ccc(F)c(F)c1. The molecule has 0 unspecified atom stereocenters. The highest BCUT2D eigenvalue weighted by atomic mass is 19.2. The zero-order chi connectivity index (χ0) is 17.3. The molecular weight excluding hydrogens is 318 g/mol. The lowest BCUT2D eigenvalue weighted by molar-refractivity contribution is -0.123. The van der Waals surface area contributed by atoms with Crippen LogP contribution in [0.15, 0.2) is 18.2 Å². The Hall–Kier alpha value is -2.22. The van der Waals surface area contributed by atoms with E-state index in [-0.39, 0.29) is 30.6 Å². The molecule has 0 aromatic heterocycles. The van der Waals surface area contributed by atoms with Crippen molar-refractivity contribution in [2.24, 2.45) is 0 Å². The van der Waals surface area contributed by atoms with Gasteiger partial charge in [-0.05, 0) is 31.2 Å². The lowest BCUT2D eigenvalue weighted by atomic mass is 10.00. The molecule has 3 amide bonds. The van der Waals surface area contributed by atoms with E-state index in [0.717, 1.165) is 12.6 Å². The van der Waals surface area contributed by atoms with Crippen LogP contribution in [0.5, 0.6) is 0 Å². The van der Waals surface area contributed by atoms with E-state index in [0.29, 0.717) is 25.1 Å². The topological polar surface area (TPSA) is 64.7 Å². The van der Waals surface area contributed by atoms with E-state index in [9.17, 15) is 18.4 Å². The Morgan fingerprint density at radius 1 is 1.29 bits per heavy atom. The number of halogens is 2. The first-order chi connectivity index (χ1) is 11.5. The predicted molar refractivity (Wildman–Crippen MR) is 83.2 cm³/mol. The van der Waals surface area contributed by atoms with Gasteiger partial charge in [0.25, 0.3) is 0 Å². The van der Waals surface area contributed by atoms with Crippen LogP contribution >= 0.6 is 0 Å². The molecule has 24 heavy (non-hydrogen) atoms. The van der Waals surface area contributed by atoms with Gasteiger partial charge in [-0.25, -0.2) is 13.6 Å². The van der Waals surface area contributed by atoms with Crippen LogP contribution < -0.4 is 10.6 Å². The number of urea groups is 1. The Morgan fingerprint density at radius 3 is 2.79 bits per heavy atom. The van der Waals surface area contributed by atoms with Crippen molar-refractivity contribution in [3.63, 3.8) is 0 Å². The zero-order valence-corrected chi connectivity index (χ0v) is 13.4. The summed E-state index contributed by atoms with van der Waals surface area (Å²) in [6.45, 7) is 1.65. The number of nitrogens with one attached hydrogen (secondary N) is 2. The van der Waals surface area contributed by atoms with Crippen molar-refractivity contribution < 1.29 is 18.4 Å². The van der Waals surface area contributed by atoms with Gasteiger partial charge in [-0.3, -0.25) is 9.69 Å². The number of piperazine rings is 1. The second kappa shape index (κ2) is 6.72. The van der Waals surface area contributed by atoms with E-state index in [1.807, 2.05) is 11.9 Å². The largest absolute Gasteiger partial charge is 0.353 e. The number of amides is 3. The van der Waals surface area contributed by atoms with Gasteiger partial charge in [0, 0.05) is 19.6 Å². The molecule has 1 aromatic carbocycles. The third-order valence-electron chi connectivity index (χ3n) is 4.57. The van der Waals surface area contributed by atoms with Crippen molar-refractivity contribution in [2.45, 2.75) is 18.5 Å². The van der Waals surface area contributed by atoms with Crippen molar-refractivity contribution >= 4 is 11.9 Å². The summed E-state index contributed by atoms with van der Waals surface area (Å²) in [5.41, 5.74) is 0.621. The number of carbonyl (C=O) groups is 2. The molecule has 3 rings (SSSR count). The van der Waals surface area contributed by atoms with Crippen molar-refractivity contribution in [1.82, 2.24) is 20.4 Å². The van der Waals surface area contributed by atoms with Gasteiger partial charge in [-0.2, -0.15) is 0 Å². The van der Waals surface area contributed by atoms with Gasteiger partial charge in [-0.1, -0.05) is 6.07 Å². The first-order valence-electron chi connectivity index (χ1n) is 7.93. The molecule has 2 N–H and O–H groups in total. The molecule has 0 bridgehead atoms. The number of likely N-dealkylation sites (tertiary alicyclic amines) is 1. The lowest BCUT2D eigenvalue weighted by Gasteiger charge is -2.31. The molecule has 0 aliphatic carbocycles. The molecule has 2 heterocycles. The average Bonchev–Trinajstić information content (AvgIpc) is 2.90. The fourth-order valence-electron chi connectivity index (χ4n) is 3.34. The molecule has 130 valence electrons. The monoisotopic (exact) mass is 338 g/mol. The van der Waals surface area contributed by atoms with Gasteiger partial charge >= 0.3 is 6.03 Å². The molecule has 1 aromatic rings. The Labute approximate surface area is 138 Å². The molecule has 2 atom stereocenters. The third-order valence-corrected chi connectivity index (χ3v) is 4.57. The number of hydrogen-bond acceptors (Lipinski definition) is 3. The summed E-state index contributed by atoms with van der Waals surface area (Å²) < 4.78 is 26.7. The molecule has 0 saturated carbocycles. The molecule has 2 saturated heterocycles. The minimum Gasteiger partial charge on any atom is -0.353 e. The second-order valence-corrected chi connectivity index (χ2v) is 6.22. The van der Waals surface area contributed by atoms with Crippen molar-refractivity contribution in [2.75, 3.05) is 33.2 Å². The third kappa shape index (κ3) is 3.33. The van der Waals surface area contributed by atoms with E-state index in [4.69, 9.17) is 0 Å². The van der Waals surface area contributed by atoms with Crippen LogP contribution in [-0.4, -0.2) is 61.0 Å². The number of likely N-dealkylation sites (N-methyl/N-ethyl adjacent to an activating group) is 1.